The summed E-state index contributed by atoms with van der Waals surface area (Å²) in [5.41, 5.74) is 1.23. The fraction of sp³-hybridized carbons (Fsp3) is 0.273. The summed E-state index contributed by atoms with van der Waals surface area (Å²) in [6, 6.07) is 14.7. The predicted octanol–water partition coefficient (Wildman–Crippen LogP) is 4.09. The summed E-state index contributed by atoms with van der Waals surface area (Å²) in [6.07, 6.45) is 1.83. The highest BCUT2D eigenvalue weighted by atomic mass is 32.1. The minimum Gasteiger partial charge on any atom is -0.353 e. The quantitative estimate of drug-likeness (QED) is 0.514. The number of hydrogen-bond donors (Lipinski definition) is 0. The number of piperazine rings is 1. The van der Waals surface area contributed by atoms with Crippen LogP contribution in [0.5, 0.6) is 0 Å². The molecule has 1 aromatic carbocycles. The van der Waals surface area contributed by atoms with Gasteiger partial charge in [0.25, 0.3) is 0 Å². The SMILES string of the molecule is Cc1nccc(N2CCN(c3nc(C)nc4sc(-c5ccccc5)cc34)CC2)n1. The highest BCUT2D eigenvalue weighted by Gasteiger charge is 2.22. The van der Waals surface area contributed by atoms with E-state index in [1.807, 2.05) is 32.2 Å². The second kappa shape index (κ2) is 7.40. The Labute approximate surface area is 173 Å². The Kier molecular flexibility index (Phi) is 4.60. The van der Waals surface area contributed by atoms with Crippen molar-refractivity contribution in [3.8, 4) is 10.4 Å². The van der Waals surface area contributed by atoms with Crippen molar-refractivity contribution in [1.29, 1.82) is 0 Å². The molecule has 3 aromatic heterocycles. The van der Waals surface area contributed by atoms with E-state index in [1.54, 1.807) is 11.3 Å². The van der Waals surface area contributed by atoms with E-state index in [1.165, 1.54) is 10.4 Å². The zero-order valence-electron chi connectivity index (χ0n) is 16.5. The van der Waals surface area contributed by atoms with Crippen molar-refractivity contribution in [3.05, 3.63) is 60.3 Å². The fourth-order valence-electron chi connectivity index (χ4n) is 3.76. The number of hydrogen-bond acceptors (Lipinski definition) is 7. The lowest BCUT2D eigenvalue weighted by molar-refractivity contribution is 0.640. The van der Waals surface area contributed by atoms with Gasteiger partial charge in [-0.2, -0.15) is 0 Å². The van der Waals surface area contributed by atoms with E-state index in [0.717, 1.165) is 59.7 Å². The Bertz CT molecular complexity index is 1150. The second-order valence-corrected chi connectivity index (χ2v) is 8.26. The number of nitrogens with zero attached hydrogens (tertiary/aromatic N) is 6. The number of thiophene rings is 1. The van der Waals surface area contributed by atoms with Crippen LogP contribution >= 0.6 is 11.3 Å². The van der Waals surface area contributed by atoms with E-state index in [4.69, 9.17) is 9.97 Å². The molecule has 1 fully saturated rings. The van der Waals surface area contributed by atoms with Crippen molar-refractivity contribution in [1.82, 2.24) is 19.9 Å². The van der Waals surface area contributed by atoms with Crippen LogP contribution in [0.1, 0.15) is 11.6 Å². The van der Waals surface area contributed by atoms with Crippen LogP contribution in [0.2, 0.25) is 0 Å². The molecule has 146 valence electrons. The number of fused-ring (bicyclic) bond motifs is 1. The van der Waals surface area contributed by atoms with E-state index in [-0.39, 0.29) is 0 Å². The summed E-state index contributed by atoms with van der Waals surface area (Å²) in [4.78, 5) is 25.3. The lowest BCUT2D eigenvalue weighted by atomic mass is 10.2. The molecule has 1 aliphatic heterocycles. The smallest absolute Gasteiger partial charge is 0.141 e. The van der Waals surface area contributed by atoms with Gasteiger partial charge in [-0.3, -0.25) is 0 Å². The maximum atomic E-state index is 4.82. The molecule has 0 aliphatic carbocycles. The molecule has 0 atom stereocenters. The Morgan fingerprint density at radius 3 is 2.34 bits per heavy atom. The third-order valence-corrected chi connectivity index (χ3v) is 6.29. The monoisotopic (exact) mass is 402 g/mol. The molecule has 7 heteroatoms. The minimum atomic E-state index is 0.810. The van der Waals surface area contributed by atoms with Crippen LogP contribution in [0.25, 0.3) is 20.7 Å². The molecule has 1 aliphatic rings. The highest BCUT2D eigenvalue weighted by Crippen LogP contribution is 2.36. The average Bonchev–Trinajstić information content (AvgIpc) is 3.18. The predicted molar refractivity (Wildman–Crippen MR) is 119 cm³/mol. The van der Waals surface area contributed by atoms with Crippen LogP contribution in [-0.2, 0) is 0 Å². The van der Waals surface area contributed by atoms with Gasteiger partial charge in [-0.15, -0.1) is 11.3 Å². The Morgan fingerprint density at radius 1 is 0.828 bits per heavy atom. The first-order chi connectivity index (χ1) is 14.2. The standard InChI is InChI=1S/C22H22N6S/c1-15-23-9-8-20(24-15)27-10-12-28(13-11-27)21-18-14-19(17-6-4-3-5-7-17)29-22(18)26-16(2)25-21/h3-9,14H,10-13H2,1-2H3. The van der Waals surface area contributed by atoms with Crippen molar-refractivity contribution >= 4 is 33.2 Å². The fourth-order valence-corrected chi connectivity index (χ4v) is 4.84. The molecular weight excluding hydrogens is 380 g/mol. The zero-order valence-corrected chi connectivity index (χ0v) is 17.4. The van der Waals surface area contributed by atoms with Crippen molar-refractivity contribution < 1.29 is 0 Å². The second-order valence-electron chi connectivity index (χ2n) is 7.23. The van der Waals surface area contributed by atoms with E-state index in [2.05, 4.69) is 50.1 Å². The Morgan fingerprint density at radius 2 is 1.59 bits per heavy atom. The third-order valence-electron chi connectivity index (χ3n) is 5.21. The van der Waals surface area contributed by atoms with Crippen molar-refractivity contribution in [2.24, 2.45) is 0 Å². The number of aromatic nitrogens is 4. The molecule has 0 N–H and O–H groups in total. The molecule has 0 radical (unpaired) electrons. The molecule has 0 amide bonds. The van der Waals surface area contributed by atoms with E-state index < -0.39 is 0 Å². The van der Waals surface area contributed by atoms with Gasteiger partial charge in [-0.05, 0) is 31.5 Å². The van der Waals surface area contributed by atoms with Crippen LogP contribution in [-0.4, -0.2) is 46.1 Å². The maximum absolute atomic E-state index is 4.82. The summed E-state index contributed by atoms with van der Waals surface area (Å²) in [5.74, 6) is 3.68. The lowest BCUT2D eigenvalue weighted by Crippen LogP contribution is -2.47. The number of rotatable bonds is 3. The van der Waals surface area contributed by atoms with Crippen LogP contribution in [0.3, 0.4) is 0 Å². The number of benzene rings is 1. The van der Waals surface area contributed by atoms with Gasteiger partial charge >= 0.3 is 0 Å². The van der Waals surface area contributed by atoms with Crippen molar-refractivity contribution in [3.63, 3.8) is 0 Å². The molecular formula is C22H22N6S. The molecule has 6 nitrogen and oxygen atoms in total. The molecule has 0 unspecified atom stereocenters. The number of anilines is 2. The van der Waals surface area contributed by atoms with Gasteiger partial charge in [0.05, 0.1) is 5.39 Å². The zero-order chi connectivity index (χ0) is 19.8. The summed E-state index contributed by atoms with van der Waals surface area (Å²) in [7, 11) is 0. The largest absolute Gasteiger partial charge is 0.353 e. The highest BCUT2D eigenvalue weighted by molar-refractivity contribution is 7.21. The van der Waals surface area contributed by atoms with E-state index in [0.29, 0.717) is 0 Å². The maximum Gasteiger partial charge on any atom is 0.141 e. The molecule has 4 aromatic rings. The first kappa shape index (κ1) is 18.0. The first-order valence-electron chi connectivity index (χ1n) is 9.80. The topological polar surface area (TPSA) is 58.0 Å². The van der Waals surface area contributed by atoms with Gasteiger partial charge in [0, 0.05) is 37.3 Å². The van der Waals surface area contributed by atoms with Crippen LogP contribution < -0.4 is 9.80 Å². The van der Waals surface area contributed by atoms with Crippen molar-refractivity contribution in [2.45, 2.75) is 13.8 Å². The lowest BCUT2D eigenvalue weighted by Gasteiger charge is -2.36. The van der Waals surface area contributed by atoms with Gasteiger partial charge in [0.1, 0.15) is 28.1 Å². The molecule has 1 saturated heterocycles. The van der Waals surface area contributed by atoms with Gasteiger partial charge in [0.2, 0.25) is 0 Å². The number of aryl methyl sites for hydroxylation is 2. The van der Waals surface area contributed by atoms with Gasteiger partial charge in [0.15, 0.2) is 0 Å². The molecule has 0 saturated carbocycles. The Hall–Kier alpha value is -3.06. The summed E-state index contributed by atoms with van der Waals surface area (Å²) in [5, 5.41) is 1.14. The molecule has 0 spiro atoms. The van der Waals surface area contributed by atoms with Crippen LogP contribution in [0.4, 0.5) is 11.6 Å². The summed E-state index contributed by atoms with van der Waals surface area (Å²) < 4.78 is 0. The molecule has 5 rings (SSSR count). The van der Waals surface area contributed by atoms with E-state index in [9.17, 15) is 0 Å². The van der Waals surface area contributed by atoms with Gasteiger partial charge < -0.3 is 9.80 Å². The minimum absolute atomic E-state index is 0.810. The summed E-state index contributed by atoms with van der Waals surface area (Å²) >= 11 is 1.74. The van der Waals surface area contributed by atoms with Crippen LogP contribution in [0, 0.1) is 13.8 Å². The third kappa shape index (κ3) is 3.53. The normalized spacial score (nSPS) is 14.6. The molecule has 0 bridgehead atoms. The first-order valence-corrected chi connectivity index (χ1v) is 10.6. The van der Waals surface area contributed by atoms with Crippen LogP contribution in [0.15, 0.2) is 48.7 Å². The molecule has 29 heavy (non-hydrogen) atoms. The summed E-state index contributed by atoms with van der Waals surface area (Å²) in [6.45, 7) is 7.55. The van der Waals surface area contributed by atoms with Gasteiger partial charge in [-0.25, -0.2) is 19.9 Å². The Balaban J connectivity index is 1.44. The average molecular weight is 403 g/mol. The van der Waals surface area contributed by atoms with Gasteiger partial charge in [-0.1, -0.05) is 30.3 Å². The molecule has 4 heterocycles. The van der Waals surface area contributed by atoms with E-state index >= 15 is 0 Å². The van der Waals surface area contributed by atoms with Crippen molar-refractivity contribution in [2.75, 3.05) is 36.0 Å².